The van der Waals surface area contributed by atoms with Crippen LogP contribution in [-0.4, -0.2) is 15.0 Å². The minimum absolute atomic E-state index is 0.0677. The molecule has 0 spiro atoms. The second-order valence-corrected chi connectivity index (χ2v) is 7.09. The second kappa shape index (κ2) is 8.11. The molecule has 0 radical (unpaired) electrons. The van der Waals surface area contributed by atoms with Crippen LogP contribution in [0.3, 0.4) is 0 Å². The fourth-order valence-electron chi connectivity index (χ4n) is 2.30. The normalized spacial score (nSPS) is 12.6. The van der Waals surface area contributed by atoms with Gasteiger partial charge in [0.1, 0.15) is 0 Å². The highest BCUT2D eigenvalue weighted by Crippen LogP contribution is 2.30. The predicted octanol–water partition coefficient (Wildman–Crippen LogP) is 3.49. The average molecular weight is 320 g/mol. The van der Waals surface area contributed by atoms with E-state index >= 15 is 0 Å². The zero-order valence-corrected chi connectivity index (χ0v) is 14.3. The predicted molar refractivity (Wildman–Crippen MR) is 89.2 cm³/mol. The maximum atomic E-state index is 12.5. The van der Waals surface area contributed by atoms with Crippen molar-refractivity contribution in [3.8, 4) is 6.07 Å². The van der Waals surface area contributed by atoms with Crippen molar-refractivity contribution in [2.45, 2.75) is 50.8 Å². The van der Waals surface area contributed by atoms with Crippen molar-refractivity contribution in [1.29, 1.82) is 5.26 Å². The third kappa shape index (κ3) is 4.19. The molecule has 0 aliphatic rings. The van der Waals surface area contributed by atoms with Crippen molar-refractivity contribution in [3.05, 3.63) is 41.5 Å². The highest BCUT2D eigenvalue weighted by molar-refractivity contribution is 7.89. The molecule has 0 bridgehead atoms. The van der Waals surface area contributed by atoms with Crippen LogP contribution in [0.4, 0.5) is 0 Å². The molecule has 120 valence electrons. The highest BCUT2D eigenvalue weighted by Gasteiger charge is 2.23. The van der Waals surface area contributed by atoms with Crippen molar-refractivity contribution < 1.29 is 8.42 Å². The quantitative estimate of drug-likeness (QED) is 0.745. The van der Waals surface area contributed by atoms with Crippen LogP contribution < -0.4 is 4.72 Å². The first-order valence-corrected chi connectivity index (χ1v) is 9.07. The van der Waals surface area contributed by atoms with Crippen molar-refractivity contribution in [1.82, 2.24) is 4.72 Å². The number of hydrogen-bond donors (Lipinski definition) is 1. The molecule has 1 aromatic rings. The van der Waals surface area contributed by atoms with Gasteiger partial charge in [-0.15, -0.1) is 6.58 Å². The summed E-state index contributed by atoms with van der Waals surface area (Å²) in [5.74, 6) is 0.0677. The van der Waals surface area contributed by atoms with Gasteiger partial charge in [-0.05, 0) is 42.0 Å². The Balaban J connectivity index is 3.54. The van der Waals surface area contributed by atoms with Gasteiger partial charge in [-0.25, -0.2) is 13.1 Å². The maximum absolute atomic E-state index is 12.5. The molecule has 1 aromatic carbocycles. The van der Waals surface area contributed by atoms with E-state index in [1.807, 2.05) is 20.8 Å². The summed E-state index contributed by atoms with van der Waals surface area (Å²) in [6.07, 6.45) is 3.86. The first-order valence-electron chi connectivity index (χ1n) is 7.58. The van der Waals surface area contributed by atoms with Crippen LogP contribution in [0.1, 0.15) is 56.2 Å². The maximum Gasteiger partial charge on any atom is 0.241 e. The van der Waals surface area contributed by atoms with Gasteiger partial charge < -0.3 is 0 Å². The third-order valence-electron chi connectivity index (χ3n) is 3.73. The zero-order valence-electron chi connectivity index (χ0n) is 13.5. The lowest BCUT2D eigenvalue weighted by atomic mass is 9.93. The lowest BCUT2D eigenvalue weighted by Gasteiger charge is -2.18. The molecule has 0 aromatic heterocycles. The Morgan fingerprint density at radius 3 is 2.59 bits per heavy atom. The topological polar surface area (TPSA) is 70.0 Å². The molecular formula is C17H24N2O2S. The number of rotatable bonds is 8. The van der Waals surface area contributed by atoms with Crippen LogP contribution >= 0.6 is 0 Å². The summed E-state index contributed by atoms with van der Waals surface area (Å²) < 4.78 is 27.6. The van der Waals surface area contributed by atoms with Gasteiger partial charge in [0.05, 0.1) is 16.5 Å². The van der Waals surface area contributed by atoms with Crippen LogP contribution in [0.25, 0.3) is 0 Å². The molecule has 4 nitrogen and oxygen atoms in total. The molecule has 1 unspecified atom stereocenters. The van der Waals surface area contributed by atoms with Crippen molar-refractivity contribution in [3.63, 3.8) is 0 Å². The van der Waals surface area contributed by atoms with E-state index in [4.69, 9.17) is 0 Å². The van der Waals surface area contributed by atoms with Crippen molar-refractivity contribution >= 4 is 10.0 Å². The summed E-state index contributed by atoms with van der Waals surface area (Å²) in [4.78, 5) is 0.283. The van der Waals surface area contributed by atoms with E-state index in [9.17, 15) is 13.7 Å². The number of benzene rings is 1. The van der Waals surface area contributed by atoms with E-state index in [0.29, 0.717) is 17.5 Å². The Kier molecular flexibility index (Phi) is 6.79. The molecule has 0 saturated carbocycles. The molecule has 1 rings (SSSR count). The Morgan fingerprint density at radius 2 is 2.09 bits per heavy atom. The Morgan fingerprint density at radius 1 is 1.41 bits per heavy atom. The van der Waals surface area contributed by atoms with Gasteiger partial charge in [-0.2, -0.15) is 5.26 Å². The highest BCUT2D eigenvalue weighted by atomic mass is 32.2. The van der Waals surface area contributed by atoms with E-state index in [0.717, 1.165) is 18.4 Å². The Hall–Kier alpha value is -1.64. The molecule has 0 heterocycles. The number of nitriles is 1. The summed E-state index contributed by atoms with van der Waals surface area (Å²) in [6.45, 7) is 9.71. The van der Waals surface area contributed by atoms with Gasteiger partial charge in [0, 0.05) is 6.54 Å². The van der Waals surface area contributed by atoms with Crippen LogP contribution in [0.2, 0.25) is 0 Å². The van der Waals surface area contributed by atoms with E-state index in [-0.39, 0.29) is 17.4 Å². The van der Waals surface area contributed by atoms with E-state index in [2.05, 4.69) is 17.4 Å². The summed E-state index contributed by atoms with van der Waals surface area (Å²) in [6, 6.07) is 5.59. The number of nitrogens with one attached hydrogen (secondary N) is 1. The molecule has 5 heteroatoms. The minimum Gasteiger partial charge on any atom is -0.207 e. The van der Waals surface area contributed by atoms with E-state index in [1.54, 1.807) is 12.1 Å². The molecule has 0 aliphatic heterocycles. The monoisotopic (exact) mass is 320 g/mol. The number of aryl methyl sites for hydroxylation is 1. The lowest BCUT2D eigenvalue weighted by molar-refractivity contribution is 0.581. The molecule has 0 amide bonds. The first kappa shape index (κ1) is 18.4. The summed E-state index contributed by atoms with van der Waals surface area (Å²) in [5.41, 5.74) is 2.06. The summed E-state index contributed by atoms with van der Waals surface area (Å²) >= 11 is 0. The van der Waals surface area contributed by atoms with Gasteiger partial charge in [0.15, 0.2) is 0 Å². The van der Waals surface area contributed by atoms with Crippen LogP contribution in [0, 0.1) is 11.3 Å². The molecule has 1 atom stereocenters. The number of sulfonamides is 1. The standard InChI is InChI=1S/C17H24N2O2S/c1-5-8-14-11-17(22(20,21)19-9-6-2)16(13(4)7-3)10-15(14)12-18/h6,10-11,13,19H,2,5,7-9H2,1,3-4H3. The molecular weight excluding hydrogens is 296 g/mol. The van der Waals surface area contributed by atoms with E-state index in [1.165, 1.54) is 6.08 Å². The zero-order chi connectivity index (χ0) is 16.8. The Bertz CT molecular complexity index is 673. The van der Waals surface area contributed by atoms with Crippen molar-refractivity contribution in [2.24, 2.45) is 0 Å². The van der Waals surface area contributed by atoms with E-state index < -0.39 is 10.0 Å². The SMILES string of the molecule is C=CCNS(=O)(=O)c1cc(CCC)c(C#N)cc1C(C)CC. The van der Waals surface area contributed by atoms with Gasteiger partial charge in [0.25, 0.3) is 0 Å². The van der Waals surface area contributed by atoms with Gasteiger partial charge >= 0.3 is 0 Å². The van der Waals surface area contributed by atoms with Crippen LogP contribution in [0.5, 0.6) is 0 Å². The summed E-state index contributed by atoms with van der Waals surface area (Å²) in [7, 11) is -3.60. The average Bonchev–Trinajstić information content (AvgIpc) is 2.52. The van der Waals surface area contributed by atoms with Crippen LogP contribution in [0.15, 0.2) is 29.7 Å². The van der Waals surface area contributed by atoms with Crippen molar-refractivity contribution in [2.75, 3.05) is 6.54 Å². The largest absolute Gasteiger partial charge is 0.241 e. The molecule has 22 heavy (non-hydrogen) atoms. The smallest absolute Gasteiger partial charge is 0.207 e. The molecule has 0 fully saturated rings. The number of hydrogen-bond acceptors (Lipinski definition) is 3. The molecule has 1 N–H and O–H groups in total. The van der Waals surface area contributed by atoms with Crippen LogP contribution in [-0.2, 0) is 16.4 Å². The van der Waals surface area contributed by atoms with Gasteiger partial charge in [0.2, 0.25) is 10.0 Å². The molecule has 0 saturated heterocycles. The number of nitrogens with zero attached hydrogens (tertiary/aromatic N) is 1. The fourth-order valence-corrected chi connectivity index (χ4v) is 3.66. The van der Waals surface area contributed by atoms with Gasteiger partial charge in [-0.1, -0.05) is 33.3 Å². The minimum atomic E-state index is -3.60. The van der Waals surface area contributed by atoms with Gasteiger partial charge in [-0.3, -0.25) is 0 Å². The Labute approximate surface area is 133 Å². The summed E-state index contributed by atoms with van der Waals surface area (Å²) in [5, 5.41) is 9.33. The first-order chi connectivity index (χ1) is 10.4. The fraction of sp³-hybridized carbons (Fsp3) is 0.471. The lowest BCUT2D eigenvalue weighted by Crippen LogP contribution is -2.25. The molecule has 0 aliphatic carbocycles. The third-order valence-corrected chi connectivity index (χ3v) is 5.21. The second-order valence-electron chi connectivity index (χ2n) is 5.36.